The highest BCUT2D eigenvalue weighted by Gasteiger charge is 2.10. The van der Waals surface area contributed by atoms with Crippen LogP contribution < -0.4 is 5.73 Å². The third kappa shape index (κ3) is 6.22. The predicted octanol–water partition coefficient (Wildman–Crippen LogP) is 3.39. The molecule has 0 fully saturated rings. The molecule has 2 N–H and O–H groups in total. The summed E-state index contributed by atoms with van der Waals surface area (Å²) in [5.41, 5.74) is 7.31. The molecule has 1 amide bonds. The van der Waals surface area contributed by atoms with E-state index in [-0.39, 0.29) is 18.3 Å². The topological polar surface area (TPSA) is 46.3 Å². The summed E-state index contributed by atoms with van der Waals surface area (Å²) in [6.07, 6.45) is 6.31. The summed E-state index contributed by atoms with van der Waals surface area (Å²) >= 11 is 0. The average molecular weight is 297 g/mol. The molecule has 0 atom stereocenters. The third-order valence-corrected chi connectivity index (χ3v) is 3.19. The number of hydrogen-bond donors (Lipinski definition) is 1. The predicted molar refractivity (Wildman–Crippen MR) is 87.2 cm³/mol. The highest BCUT2D eigenvalue weighted by atomic mass is 35.5. The van der Waals surface area contributed by atoms with Crippen molar-refractivity contribution in [2.45, 2.75) is 32.2 Å². The smallest absolute Gasteiger partial charge is 0.253 e. The number of carbonyl (C=O) groups is 1. The molecule has 0 radical (unpaired) electrons. The van der Waals surface area contributed by atoms with Gasteiger partial charge in [0.15, 0.2) is 0 Å². The molecular weight excluding hydrogens is 272 g/mol. The van der Waals surface area contributed by atoms with Crippen LogP contribution in [0.5, 0.6) is 0 Å². The van der Waals surface area contributed by atoms with Gasteiger partial charge in [-0.15, -0.1) is 19.0 Å². The van der Waals surface area contributed by atoms with Crippen molar-refractivity contribution in [2.75, 3.05) is 13.6 Å². The standard InChI is InChI=1S/C16H24N2O.ClH/c1-3-4-5-6-7-12-18(2)16(19)15-10-8-14(13-17)9-11-15;/h3,8-11H,1,4-7,12-13,17H2,2H3;1H. The lowest BCUT2D eigenvalue weighted by Crippen LogP contribution is -2.27. The molecule has 4 heteroatoms. The van der Waals surface area contributed by atoms with Crippen molar-refractivity contribution in [3.8, 4) is 0 Å². The molecule has 1 aromatic carbocycles. The Bertz CT molecular complexity index is 403. The normalized spacial score (nSPS) is 9.70. The maximum atomic E-state index is 12.1. The first kappa shape index (κ1) is 18.7. The zero-order chi connectivity index (χ0) is 14.1. The zero-order valence-corrected chi connectivity index (χ0v) is 13.0. The summed E-state index contributed by atoms with van der Waals surface area (Å²) < 4.78 is 0. The van der Waals surface area contributed by atoms with Crippen LogP contribution in [0.25, 0.3) is 0 Å². The minimum absolute atomic E-state index is 0. The van der Waals surface area contributed by atoms with E-state index in [9.17, 15) is 4.79 Å². The summed E-state index contributed by atoms with van der Waals surface area (Å²) in [5.74, 6) is 0.0762. The van der Waals surface area contributed by atoms with Crippen LogP contribution in [-0.2, 0) is 6.54 Å². The van der Waals surface area contributed by atoms with Crippen molar-refractivity contribution in [2.24, 2.45) is 5.73 Å². The third-order valence-electron chi connectivity index (χ3n) is 3.19. The lowest BCUT2D eigenvalue weighted by molar-refractivity contribution is 0.0792. The van der Waals surface area contributed by atoms with E-state index in [1.54, 1.807) is 4.90 Å². The summed E-state index contributed by atoms with van der Waals surface area (Å²) in [4.78, 5) is 13.9. The van der Waals surface area contributed by atoms with E-state index < -0.39 is 0 Å². The number of nitrogens with two attached hydrogens (primary N) is 1. The minimum atomic E-state index is 0. The molecule has 0 bridgehead atoms. The van der Waals surface area contributed by atoms with Gasteiger partial charge in [0.2, 0.25) is 0 Å². The fourth-order valence-corrected chi connectivity index (χ4v) is 1.92. The molecule has 0 aliphatic heterocycles. The maximum Gasteiger partial charge on any atom is 0.253 e. The number of unbranched alkanes of at least 4 members (excludes halogenated alkanes) is 3. The van der Waals surface area contributed by atoms with Gasteiger partial charge in [-0.2, -0.15) is 0 Å². The number of carbonyl (C=O) groups excluding carboxylic acids is 1. The van der Waals surface area contributed by atoms with Crippen LogP contribution in [0.1, 0.15) is 41.6 Å². The van der Waals surface area contributed by atoms with Crippen molar-refractivity contribution in [3.63, 3.8) is 0 Å². The van der Waals surface area contributed by atoms with Crippen LogP contribution in [0.2, 0.25) is 0 Å². The van der Waals surface area contributed by atoms with Gasteiger partial charge in [0.1, 0.15) is 0 Å². The van der Waals surface area contributed by atoms with Crippen molar-refractivity contribution in [3.05, 3.63) is 48.0 Å². The molecule has 0 aromatic heterocycles. The van der Waals surface area contributed by atoms with Crippen molar-refractivity contribution in [1.29, 1.82) is 0 Å². The van der Waals surface area contributed by atoms with E-state index in [1.807, 2.05) is 37.4 Å². The van der Waals surface area contributed by atoms with Gasteiger partial charge in [-0.1, -0.05) is 24.6 Å². The van der Waals surface area contributed by atoms with Gasteiger partial charge in [-0.05, 0) is 37.0 Å². The number of allylic oxidation sites excluding steroid dienone is 1. The Balaban J connectivity index is 0.00000361. The van der Waals surface area contributed by atoms with Crippen LogP contribution in [0.3, 0.4) is 0 Å². The first-order chi connectivity index (χ1) is 9.19. The molecule has 0 spiro atoms. The number of nitrogens with zero attached hydrogens (tertiary/aromatic N) is 1. The van der Waals surface area contributed by atoms with Crippen molar-refractivity contribution in [1.82, 2.24) is 4.90 Å². The van der Waals surface area contributed by atoms with E-state index in [1.165, 1.54) is 0 Å². The number of amides is 1. The molecule has 20 heavy (non-hydrogen) atoms. The van der Waals surface area contributed by atoms with E-state index >= 15 is 0 Å². The SMILES string of the molecule is C=CCCCCCN(C)C(=O)c1ccc(CN)cc1.Cl. The molecule has 112 valence electrons. The largest absolute Gasteiger partial charge is 0.342 e. The van der Waals surface area contributed by atoms with Gasteiger partial charge in [0, 0.05) is 25.7 Å². The molecule has 0 saturated heterocycles. The number of halogens is 1. The van der Waals surface area contributed by atoms with Gasteiger partial charge in [0.25, 0.3) is 5.91 Å². The van der Waals surface area contributed by atoms with Gasteiger partial charge >= 0.3 is 0 Å². The molecule has 1 aromatic rings. The first-order valence-corrected chi connectivity index (χ1v) is 6.84. The first-order valence-electron chi connectivity index (χ1n) is 6.84. The molecule has 0 unspecified atom stereocenters. The van der Waals surface area contributed by atoms with E-state index in [0.717, 1.165) is 43.4 Å². The van der Waals surface area contributed by atoms with E-state index in [0.29, 0.717) is 6.54 Å². The lowest BCUT2D eigenvalue weighted by Gasteiger charge is -2.17. The zero-order valence-electron chi connectivity index (χ0n) is 12.2. The van der Waals surface area contributed by atoms with Crippen LogP contribution in [0.15, 0.2) is 36.9 Å². The molecule has 0 heterocycles. The highest BCUT2D eigenvalue weighted by Crippen LogP contribution is 2.08. The second-order valence-corrected chi connectivity index (χ2v) is 4.77. The molecular formula is C16H25ClN2O. The van der Waals surface area contributed by atoms with Crippen LogP contribution in [0.4, 0.5) is 0 Å². The lowest BCUT2D eigenvalue weighted by atomic mass is 10.1. The fraction of sp³-hybridized carbons (Fsp3) is 0.438. The maximum absolute atomic E-state index is 12.1. The van der Waals surface area contributed by atoms with Gasteiger partial charge < -0.3 is 10.6 Å². The molecule has 0 aliphatic carbocycles. The number of hydrogen-bond acceptors (Lipinski definition) is 2. The van der Waals surface area contributed by atoms with Crippen LogP contribution in [0, 0.1) is 0 Å². The summed E-state index contributed by atoms with van der Waals surface area (Å²) in [5, 5.41) is 0. The molecule has 0 saturated carbocycles. The summed E-state index contributed by atoms with van der Waals surface area (Å²) in [6.45, 7) is 5.01. The number of benzene rings is 1. The van der Waals surface area contributed by atoms with Gasteiger partial charge in [-0.25, -0.2) is 0 Å². The van der Waals surface area contributed by atoms with E-state index in [2.05, 4.69) is 6.58 Å². The summed E-state index contributed by atoms with van der Waals surface area (Å²) in [6, 6.07) is 7.51. The average Bonchev–Trinajstić information content (AvgIpc) is 2.46. The van der Waals surface area contributed by atoms with Crippen LogP contribution >= 0.6 is 12.4 Å². The summed E-state index contributed by atoms with van der Waals surface area (Å²) in [7, 11) is 1.85. The molecule has 0 aliphatic rings. The van der Waals surface area contributed by atoms with Gasteiger partial charge in [-0.3, -0.25) is 4.79 Å². The Kier molecular flexibility index (Phi) is 9.77. The Morgan fingerprint density at radius 1 is 1.25 bits per heavy atom. The Morgan fingerprint density at radius 2 is 1.90 bits per heavy atom. The minimum Gasteiger partial charge on any atom is -0.342 e. The van der Waals surface area contributed by atoms with Crippen LogP contribution in [-0.4, -0.2) is 24.4 Å². The molecule has 3 nitrogen and oxygen atoms in total. The Morgan fingerprint density at radius 3 is 2.45 bits per heavy atom. The second kappa shape index (κ2) is 10.5. The Labute approximate surface area is 128 Å². The molecule has 1 rings (SSSR count). The quantitative estimate of drug-likeness (QED) is 0.590. The van der Waals surface area contributed by atoms with Gasteiger partial charge in [0.05, 0.1) is 0 Å². The van der Waals surface area contributed by atoms with Crippen molar-refractivity contribution < 1.29 is 4.79 Å². The second-order valence-electron chi connectivity index (χ2n) is 4.77. The highest BCUT2D eigenvalue weighted by molar-refractivity contribution is 5.94. The fourth-order valence-electron chi connectivity index (χ4n) is 1.92. The van der Waals surface area contributed by atoms with E-state index in [4.69, 9.17) is 5.73 Å². The Hall–Kier alpha value is -1.32. The van der Waals surface area contributed by atoms with Crippen molar-refractivity contribution >= 4 is 18.3 Å². The number of rotatable bonds is 8. The monoisotopic (exact) mass is 296 g/mol.